The molecule has 34 heavy (non-hydrogen) atoms. The van der Waals surface area contributed by atoms with Crippen LogP contribution in [0.4, 0.5) is 0 Å². The molecule has 0 N–H and O–H groups in total. The molecule has 4 nitrogen and oxygen atoms in total. The van der Waals surface area contributed by atoms with Gasteiger partial charge in [-0.1, -0.05) is 59.9 Å². The Balaban J connectivity index is 1.50. The molecular formula is C28H21N3OS2. The number of nitrogens with zero attached hydrogens (tertiary/aromatic N) is 3. The van der Waals surface area contributed by atoms with Crippen LogP contribution in [0.15, 0.2) is 87.6 Å². The monoisotopic (exact) mass is 479 g/mol. The largest absolute Gasteiger partial charge is 0.350 e. The van der Waals surface area contributed by atoms with Crippen LogP contribution in [0.5, 0.6) is 0 Å². The number of aromatic nitrogens is 2. The molecule has 0 saturated carbocycles. The molecule has 5 aromatic rings. The molecule has 1 aliphatic carbocycles. The molecule has 3 aromatic heterocycles. The van der Waals surface area contributed by atoms with Crippen LogP contribution < -0.4 is 14.9 Å². The number of aryl methyl sites for hydroxylation is 2. The highest BCUT2D eigenvalue weighted by molar-refractivity contribution is 7.10. The minimum absolute atomic E-state index is 0.0421. The molecule has 4 heterocycles. The predicted octanol–water partition coefficient (Wildman–Crippen LogP) is 4.87. The summed E-state index contributed by atoms with van der Waals surface area (Å²) in [6.07, 6.45) is 6.04. The molecule has 7 rings (SSSR count). The maximum Gasteiger partial charge on any atom is 0.271 e. The summed E-state index contributed by atoms with van der Waals surface area (Å²) in [5, 5.41) is 3.25. The van der Waals surface area contributed by atoms with E-state index in [1.165, 1.54) is 32.9 Å². The first-order chi connectivity index (χ1) is 16.7. The molecule has 0 saturated heterocycles. The van der Waals surface area contributed by atoms with Crippen molar-refractivity contribution in [2.45, 2.75) is 18.9 Å². The van der Waals surface area contributed by atoms with Crippen molar-refractivity contribution in [1.29, 1.82) is 0 Å². The van der Waals surface area contributed by atoms with E-state index >= 15 is 0 Å². The van der Waals surface area contributed by atoms with Crippen LogP contribution in [0.1, 0.15) is 34.0 Å². The van der Waals surface area contributed by atoms with Crippen LogP contribution in [0, 0.1) is 0 Å². The number of fused-ring (bicyclic) bond motifs is 4. The molecule has 0 spiro atoms. The van der Waals surface area contributed by atoms with Crippen LogP contribution in [0.2, 0.25) is 0 Å². The summed E-state index contributed by atoms with van der Waals surface area (Å²) in [6, 6.07) is 21.0. The van der Waals surface area contributed by atoms with Gasteiger partial charge in [0.2, 0.25) is 0 Å². The summed E-state index contributed by atoms with van der Waals surface area (Å²) >= 11 is 3.21. The van der Waals surface area contributed by atoms with E-state index in [0.29, 0.717) is 0 Å². The van der Waals surface area contributed by atoms with E-state index in [1.807, 2.05) is 29.8 Å². The van der Waals surface area contributed by atoms with Gasteiger partial charge in [0.1, 0.15) is 0 Å². The van der Waals surface area contributed by atoms with Crippen molar-refractivity contribution in [2.24, 2.45) is 12.0 Å². The number of para-hydroxylation sites is 1. The van der Waals surface area contributed by atoms with Gasteiger partial charge in [-0.3, -0.25) is 9.36 Å². The zero-order chi connectivity index (χ0) is 22.8. The van der Waals surface area contributed by atoms with Gasteiger partial charge in [0.25, 0.3) is 5.56 Å². The topological polar surface area (TPSA) is 39.3 Å². The van der Waals surface area contributed by atoms with E-state index in [0.717, 1.165) is 44.3 Å². The number of thiazole rings is 1. The summed E-state index contributed by atoms with van der Waals surface area (Å²) in [7, 11) is 2.05. The molecule has 2 aliphatic rings. The number of hydrogen-bond acceptors (Lipinski definition) is 4. The van der Waals surface area contributed by atoms with Gasteiger partial charge < -0.3 is 4.57 Å². The predicted molar refractivity (Wildman–Crippen MR) is 140 cm³/mol. The molecule has 0 bridgehead atoms. The van der Waals surface area contributed by atoms with E-state index in [9.17, 15) is 4.79 Å². The third-order valence-electron chi connectivity index (χ3n) is 6.90. The van der Waals surface area contributed by atoms with Crippen molar-refractivity contribution < 1.29 is 0 Å². The van der Waals surface area contributed by atoms with E-state index in [1.54, 1.807) is 11.3 Å². The Morgan fingerprint density at radius 1 is 1.03 bits per heavy atom. The molecule has 1 unspecified atom stereocenters. The summed E-state index contributed by atoms with van der Waals surface area (Å²) < 4.78 is 4.77. The fourth-order valence-corrected chi connectivity index (χ4v) is 7.19. The van der Waals surface area contributed by atoms with Crippen molar-refractivity contribution in [1.82, 2.24) is 9.13 Å². The number of thiophene rings is 1. The minimum Gasteiger partial charge on any atom is -0.350 e. The molecular weight excluding hydrogens is 458 g/mol. The van der Waals surface area contributed by atoms with Crippen molar-refractivity contribution in [2.75, 3.05) is 0 Å². The Hall–Kier alpha value is -3.48. The summed E-state index contributed by atoms with van der Waals surface area (Å²) in [6.45, 7) is 0. The van der Waals surface area contributed by atoms with Gasteiger partial charge >= 0.3 is 0 Å². The van der Waals surface area contributed by atoms with Gasteiger partial charge in [-0.05, 0) is 47.6 Å². The summed E-state index contributed by atoms with van der Waals surface area (Å²) in [5.74, 6) is 0. The Morgan fingerprint density at radius 2 is 1.88 bits per heavy atom. The zero-order valence-corrected chi connectivity index (χ0v) is 20.2. The summed E-state index contributed by atoms with van der Waals surface area (Å²) in [5.41, 5.74) is 7.11. The van der Waals surface area contributed by atoms with Crippen LogP contribution in [0.3, 0.4) is 0 Å². The quantitative estimate of drug-likeness (QED) is 0.356. The van der Waals surface area contributed by atoms with Gasteiger partial charge in [-0.15, -0.1) is 11.3 Å². The minimum atomic E-state index is -0.0886. The maximum atomic E-state index is 13.8. The van der Waals surface area contributed by atoms with Crippen molar-refractivity contribution >= 4 is 45.3 Å². The number of rotatable bonds is 2. The highest BCUT2D eigenvalue weighted by Crippen LogP contribution is 2.42. The van der Waals surface area contributed by atoms with E-state index in [-0.39, 0.29) is 11.6 Å². The second-order valence-electron chi connectivity index (χ2n) is 8.84. The molecule has 0 fully saturated rings. The van der Waals surface area contributed by atoms with Gasteiger partial charge in [-0.25, -0.2) is 4.99 Å². The lowest BCUT2D eigenvalue weighted by Crippen LogP contribution is -2.38. The third kappa shape index (κ3) is 2.89. The highest BCUT2D eigenvalue weighted by Gasteiger charge is 2.33. The lowest BCUT2D eigenvalue weighted by Gasteiger charge is -2.30. The van der Waals surface area contributed by atoms with E-state index in [4.69, 9.17) is 4.99 Å². The number of allylic oxidation sites excluding steroid dienone is 1. The fraction of sp³-hybridized carbons (Fsp3) is 0.143. The number of benzene rings is 2. The van der Waals surface area contributed by atoms with Crippen molar-refractivity contribution in [3.63, 3.8) is 0 Å². The van der Waals surface area contributed by atoms with Gasteiger partial charge in [-0.2, -0.15) is 0 Å². The van der Waals surface area contributed by atoms with Crippen LogP contribution in [-0.4, -0.2) is 9.13 Å². The first-order valence-corrected chi connectivity index (χ1v) is 13.1. The SMILES string of the molecule is Cn1cc(C=c2sc3n(c2=O)C(c2cccs2)C2=C(N=3)c3ccccc3CC2)c2ccccc21. The highest BCUT2D eigenvalue weighted by atomic mass is 32.1. The van der Waals surface area contributed by atoms with Crippen molar-refractivity contribution in [3.8, 4) is 0 Å². The number of hydrogen-bond donors (Lipinski definition) is 0. The first kappa shape index (κ1) is 19.9. The molecule has 1 atom stereocenters. The smallest absolute Gasteiger partial charge is 0.271 e. The maximum absolute atomic E-state index is 13.8. The average molecular weight is 480 g/mol. The Labute approximate surface area is 204 Å². The summed E-state index contributed by atoms with van der Waals surface area (Å²) in [4.78, 5) is 20.9. The van der Waals surface area contributed by atoms with Crippen LogP contribution in [0.25, 0.3) is 22.7 Å². The lowest BCUT2D eigenvalue weighted by molar-refractivity contribution is 0.593. The molecule has 2 aromatic carbocycles. The van der Waals surface area contributed by atoms with Crippen molar-refractivity contribution in [3.05, 3.63) is 119 Å². The Bertz CT molecular complexity index is 1800. The first-order valence-electron chi connectivity index (χ1n) is 11.4. The zero-order valence-electron chi connectivity index (χ0n) is 18.6. The average Bonchev–Trinajstić information content (AvgIpc) is 3.58. The molecule has 0 amide bonds. The third-order valence-corrected chi connectivity index (χ3v) is 8.81. The van der Waals surface area contributed by atoms with E-state index in [2.05, 4.69) is 64.7 Å². The molecule has 166 valence electrons. The Morgan fingerprint density at radius 3 is 2.76 bits per heavy atom. The lowest BCUT2D eigenvalue weighted by atomic mass is 9.85. The van der Waals surface area contributed by atoms with Gasteiger partial charge in [0, 0.05) is 40.2 Å². The molecule has 0 radical (unpaired) electrons. The van der Waals surface area contributed by atoms with E-state index < -0.39 is 0 Å². The Kier molecular flexibility index (Phi) is 4.41. The van der Waals surface area contributed by atoms with Gasteiger partial charge in [0.05, 0.1) is 16.3 Å². The second kappa shape index (κ2) is 7.52. The van der Waals surface area contributed by atoms with Crippen LogP contribution >= 0.6 is 22.7 Å². The van der Waals surface area contributed by atoms with Gasteiger partial charge in [0.15, 0.2) is 4.80 Å². The molecule has 6 heteroatoms. The normalized spacial score (nSPS) is 17.4. The fourth-order valence-electron chi connectivity index (χ4n) is 5.35. The standard InChI is InChI=1S/C28H21N3OS2/c1-30-16-18(19-8-4-5-10-22(19)30)15-24-27(32)31-26(23-11-6-14-33-23)21-13-12-17-7-2-3-9-20(17)25(21)29-28(31)34-24/h2-11,14-16,26H,12-13H2,1H3. The second-order valence-corrected chi connectivity index (χ2v) is 10.8. The van der Waals surface area contributed by atoms with Crippen LogP contribution in [-0.2, 0) is 13.5 Å². The molecule has 1 aliphatic heterocycles.